The molecule has 0 spiro atoms. The Labute approximate surface area is 199 Å². The van der Waals surface area contributed by atoms with Crippen LogP contribution in [0.4, 0.5) is 5.69 Å². The van der Waals surface area contributed by atoms with Crippen molar-refractivity contribution in [1.82, 2.24) is 15.6 Å². The summed E-state index contributed by atoms with van der Waals surface area (Å²) in [6.45, 7) is 5.17. The second-order valence-electron chi connectivity index (χ2n) is 6.58. The van der Waals surface area contributed by atoms with E-state index in [2.05, 4.69) is 32.4 Å². The lowest BCUT2D eigenvalue weighted by Crippen LogP contribution is -2.44. The number of benzene rings is 1. The minimum atomic E-state index is 0. The molecule has 2 aromatic rings. The number of ether oxygens (including phenoxy) is 1. The molecule has 2 N–H and O–H groups in total. The van der Waals surface area contributed by atoms with Crippen LogP contribution in [0.1, 0.15) is 18.9 Å². The molecule has 0 amide bonds. The Morgan fingerprint density at radius 1 is 1.31 bits per heavy atom. The molecule has 1 atom stereocenters. The average Bonchev–Trinajstić information content (AvgIpc) is 3.16. The first-order chi connectivity index (χ1) is 13.6. The number of rotatable bonds is 6. The van der Waals surface area contributed by atoms with Gasteiger partial charge >= 0.3 is 0 Å². The minimum absolute atomic E-state index is 0. The van der Waals surface area contributed by atoms with Crippen LogP contribution in [0, 0.1) is 0 Å². The van der Waals surface area contributed by atoms with Crippen molar-refractivity contribution in [3.05, 3.63) is 52.3 Å². The maximum absolute atomic E-state index is 6.18. The lowest BCUT2D eigenvalue weighted by atomic mass is 10.2. The van der Waals surface area contributed by atoms with Gasteiger partial charge in [-0.2, -0.15) is 0 Å². The van der Waals surface area contributed by atoms with Gasteiger partial charge in [-0.3, -0.25) is 0 Å². The first kappa shape index (κ1) is 23.8. The fraction of sp³-hybridized carbons (Fsp3) is 0.400. The van der Waals surface area contributed by atoms with Crippen molar-refractivity contribution in [2.24, 2.45) is 4.99 Å². The second kappa shape index (κ2) is 11.7. The lowest BCUT2D eigenvalue weighted by Gasteiger charge is -2.22. The number of hydrogen-bond donors (Lipinski definition) is 2. The highest BCUT2D eigenvalue weighted by molar-refractivity contribution is 14.0. The quantitative estimate of drug-likeness (QED) is 0.243. The summed E-state index contributed by atoms with van der Waals surface area (Å²) >= 11 is 12.0. The van der Waals surface area contributed by atoms with Crippen LogP contribution < -0.4 is 20.3 Å². The zero-order valence-electron chi connectivity index (χ0n) is 16.5. The van der Waals surface area contributed by atoms with Crippen LogP contribution in [-0.2, 0) is 6.54 Å². The van der Waals surface area contributed by atoms with E-state index in [9.17, 15) is 0 Å². The molecule has 2 heterocycles. The van der Waals surface area contributed by atoms with Crippen molar-refractivity contribution >= 4 is 58.8 Å². The van der Waals surface area contributed by atoms with E-state index in [1.54, 1.807) is 19.4 Å². The van der Waals surface area contributed by atoms with E-state index in [0.717, 1.165) is 49.0 Å². The number of hydrogen-bond acceptors (Lipinski definition) is 4. The molecule has 1 aliphatic heterocycles. The van der Waals surface area contributed by atoms with Gasteiger partial charge in [0.1, 0.15) is 10.9 Å². The molecule has 0 saturated carbocycles. The molecular formula is C20H26Cl2IN5O. The molecule has 1 saturated heterocycles. The first-order valence-electron chi connectivity index (χ1n) is 9.32. The molecule has 29 heavy (non-hydrogen) atoms. The smallest absolute Gasteiger partial charge is 0.191 e. The van der Waals surface area contributed by atoms with Gasteiger partial charge in [-0.25, -0.2) is 9.98 Å². The number of pyridine rings is 1. The largest absolute Gasteiger partial charge is 0.495 e. The number of methoxy groups -OCH3 is 1. The van der Waals surface area contributed by atoms with Crippen molar-refractivity contribution < 1.29 is 4.74 Å². The summed E-state index contributed by atoms with van der Waals surface area (Å²) in [5, 5.41) is 8.03. The zero-order chi connectivity index (χ0) is 19.9. The van der Waals surface area contributed by atoms with Crippen LogP contribution in [0.5, 0.6) is 5.75 Å². The fourth-order valence-electron chi connectivity index (χ4n) is 3.19. The predicted molar refractivity (Wildman–Crippen MR) is 131 cm³/mol. The third-order valence-corrected chi connectivity index (χ3v) is 5.02. The second-order valence-corrected chi connectivity index (χ2v) is 7.40. The summed E-state index contributed by atoms with van der Waals surface area (Å²) in [4.78, 5) is 11.1. The van der Waals surface area contributed by atoms with E-state index < -0.39 is 0 Å². The number of guanidine groups is 1. The van der Waals surface area contributed by atoms with Crippen LogP contribution in [-0.4, -0.2) is 43.7 Å². The monoisotopic (exact) mass is 549 g/mol. The Morgan fingerprint density at radius 2 is 2.14 bits per heavy atom. The molecule has 0 aliphatic carbocycles. The number of aromatic nitrogens is 1. The lowest BCUT2D eigenvalue weighted by molar-refractivity contribution is 0.415. The number of aliphatic imine (C=N–C) groups is 1. The van der Waals surface area contributed by atoms with Gasteiger partial charge in [-0.15, -0.1) is 24.0 Å². The van der Waals surface area contributed by atoms with Gasteiger partial charge in [0, 0.05) is 36.9 Å². The highest BCUT2D eigenvalue weighted by Gasteiger charge is 2.25. The molecule has 1 aromatic heterocycles. The molecule has 0 bridgehead atoms. The first-order valence-corrected chi connectivity index (χ1v) is 10.1. The van der Waals surface area contributed by atoms with E-state index in [1.807, 2.05) is 24.3 Å². The summed E-state index contributed by atoms with van der Waals surface area (Å²) in [5.41, 5.74) is 2.03. The molecule has 158 valence electrons. The summed E-state index contributed by atoms with van der Waals surface area (Å²) in [7, 11) is 1.68. The van der Waals surface area contributed by atoms with Gasteiger partial charge in [0.2, 0.25) is 0 Å². The van der Waals surface area contributed by atoms with Crippen LogP contribution in [0.2, 0.25) is 10.2 Å². The Bertz CT molecular complexity index is 819. The molecule has 1 aliphatic rings. The molecule has 9 heteroatoms. The highest BCUT2D eigenvalue weighted by atomic mass is 127. The molecule has 6 nitrogen and oxygen atoms in total. The summed E-state index contributed by atoms with van der Waals surface area (Å²) in [6, 6.07) is 9.70. The predicted octanol–water partition coefficient (Wildman–Crippen LogP) is 4.35. The molecule has 0 radical (unpaired) electrons. The van der Waals surface area contributed by atoms with Gasteiger partial charge in [0.05, 0.1) is 19.3 Å². The van der Waals surface area contributed by atoms with Crippen molar-refractivity contribution in [2.45, 2.75) is 25.9 Å². The maximum Gasteiger partial charge on any atom is 0.191 e. The number of nitrogens with one attached hydrogen (secondary N) is 2. The number of halogens is 3. The van der Waals surface area contributed by atoms with Gasteiger partial charge in [0.25, 0.3) is 0 Å². The van der Waals surface area contributed by atoms with Gasteiger partial charge in [-0.05, 0) is 43.2 Å². The van der Waals surface area contributed by atoms with E-state index in [4.69, 9.17) is 27.9 Å². The Balaban J connectivity index is 0.00000300. The van der Waals surface area contributed by atoms with Gasteiger partial charge < -0.3 is 20.3 Å². The van der Waals surface area contributed by atoms with Crippen molar-refractivity contribution in [3.63, 3.8) is 0 Å². The fourth-order valence-corrected chi connectivity index (χ4v) is 3.47. The summed E-state index contributed by atoms with van der Waals surface area (Å²) < 4.78 is 5.49. The third-order valence-electron chi connectivity index (χ3n) is 4.56. The highest BCUT2D eigenvalue weighted by Crippen LogP contribution is 2.33. The molecule has 3 rings (SSSR count). The standard InChI is InChI=1S/C20H25Cl2N5O.HI/c1-3-23-20(25-12-14-4-7-19(22)24-11-14)26-16-8-9-27(13-16)17-10-15(21)5-6-18(17)28-2;/h4-7,10-11,16H,3,8-9,12-13H2,1-2H3,(H2,23,25,26);1H. The van der Waals surface area contributed by atoms with Crippen LogP contribution >= 0.6 is 47.2 Å². The van der Waals surface area contributed by atoms with Crippen molar-refractivity contribution in [1.29, 1.82) is 0 Å². The van der Waals surface area contributed by atoms with Crippen LogP contribution in [0.3, 0.4) is 0 Å². The normalized spacial score (nSPS) is 16.3. The van der Waals surface area contributed by atoms with E-state index >= 15 is 0 Å². The SMILES string of the molecule is CCNC(=NCc1ccc(Cl)nc1)NC1CCN(c2cc(Cl)ccc2OC)C1.I. The molecule has 1 fully saturated rings. The summed E-state index contributed by atoms with van der Waals surface area (Å²) in [5.74, 6) is 1.63. The van der Waals surface area contributed by atoms with Crippen molar-refractivity contribution in [3.8, 4) is 5.75 Å². The topological polar surface area (TPSA) is 61.8 Å². The van der Waals surface area contributed by atoms with Crippen molar-refractivity contribution in [2.75, 3.05) is 31.6 Å². The maximum atomic E-state index is 6.18. The number of nitrogens with zero attached hydrogens (tertiary/aromatic N) is 3. The Morgan fingerprint density at radius 3 is 2.83 bits per heavy atom. The average molecular weight is 550 g/mol. The van der Waals surface area contributed by atoms with Crippen LogP contribution in [0.25, 0.3) is 0 Å². The zero-order valence-corrected chi connectivity index (χ0v) is 20.3. The number of anilines is 1. The van der Waals surface area contributed by atoms with Crippen LogP contribution in [0.15, 0.2) is 41.5 Å². The molecular weight excluding hydrogens is 524 g/mol. The molecule has 1 unspecified atom stereocenters. The Kier molecular flexibility index (Phi) is 9.58. The van der Waals surface area contributed by atoms with E-state index in [0.29, 0.717) is 16.7 Å². The Hall–Kier alpha value is -1.45. The third kappa shape index (κ3) is 6.79. The minimum Gasteiger partial charge on any atom is -0.495 e. The van der Waals surface area contributed by atoms with Gasteiger partial charge in [0.15, 0.2) is 5.96 Å². The molecule has 1 aromatic carbocycles. The van der Waals surface area contributed by atoms with E-state index in [-0.39, 0.29) is 30.0 Å². The summed E-state index contributed by atoms with van der Waals surface area (Å²) in [6.07, 6.45) is 2.75. The van der Waals surface area contributed by atoms with Gasteiger partial charge in [-0.1, -0.05) is 29.3 Å². The van der Waals surface area contributed by atoms with E-state index in [1.165, 1.54) is 0 Å².